The maximum atomic E-state index is 12.5. The first kappa shape index (κ1) is 20.3. The lowest BCUT2D eigenvalue weighted by Crippen LogP contribution is -2.49. The van der Waals surface area contributed by atoms with Gasteiger partial charge in [0.15, 0.2) is 0 Å². The van der Waals surface area contributed by atoms with E-state index in [0.717, 1.165) is 4.90 Å². The summed E-state index contributed by atoms with van der Waals surface area (Å²) < 4.78 is 83.3. The van der Waals surface area contributed by atoms with Gasteiger partial charge in [-0.2, -0.15) is 26.3 Å². The number of anilines is 1. The number of hydrogen-bond donors (Lipinski definition) is 1. The molecule has 1 aliphatic heterocycles. The minimum absolute atomic E-state index is 0.0989. The lowest BCUT2D eigenvalue weighted by Gasteiger charge is -2.33. The Balaban J connectivity index is 1.53. The largest absolute Gasteiger partial charge is 0.434 e. The molecule has 2 amide bonds. The fourth-order valence-electron chi connectivity index (χ4n) is 3.40. The fourth-order valence-corrected chi connectivity index (χ4v) is 3.40. The molecule has 2 fully saturated rings. The van der Waals surface area contributed by atoms with Crippen molar-refractivity contribution < 1.29 is 45.2 Å². The molecule has 2 aliphatic rings. The Bertz CT molecular complexity index is 711. The zero-order valence-electron chi connectivity index (χ0n) is 14.1. The van der Waals surface area contributed by atoms with E-state index in [1.165, 1.54) is 12.5 Å². The van der Waals surface area contributed by atoms with E-state index >= 15 is 0 Å². The summed E-state index contributed by atoms with van der Waals surface area (Å²) in [5.41, 5.74) is -0.0516. The van der Waals surface area contributed by atoms with Crippen LogP contribution in [-0.2, 0) is 9.53 Å². The first-order valence-corrected chi connectivity index (χ1v) is 8.22. The predicted molar refractivity (Wildman–Crippen MR) is 78.9 cm³/mol. The van der Waals surface area contributed by atoms with Gasteiger partial charge in [0.05, 0.1) is 6.20 Å². The maximum absolute atomic E-state index is 12.5. The number of rotatable bonds is 3. The fraction of sp³-hybridized carbons (Fsp3) is 0.667. The lowest BCUT2D eigenvalue weighted by molar-refractivity contribution is -0.308. The van der Waals surface area contributed by atoms with Crippen molar-refractivity contribution in [2.75, 3.05) is 18.4 Å². The summed E-state index contributed by atoms with van der Waals surface area (Å²) in [5.74, 6) is -0.646. The van der Waals surface area contributed by atoms with Gasteiger partial charge in [-0.3, -0.25) is 4.79 Å². The van der Waals surface area contributed by atoms with E-state index in [1.54, 1.807) is 0 Å². The van der Waals surface area contributed by atoms with Gasteiger partial charge in [0.25, 0.3) is 6.10 Å². The zero-order chi connectivity index (χ0) is 20.7. The van der Waals surface area contributed by atoms with Gasteiger partial charge in [-0.25, -0.2) is 4.79 Å². The summed E-state index contributed by atoms with van der Waals surface area (Å²) in [7, 11) is 0. The van der Waals surface area contributed by atoms with E-state index in [0.29, 0.717) is 12.1 Å². The van der Waals surface area contributed by atoms with Gasteiger partial charge in [0.2, 0.25) is 5.91 Å². The number of likely N-dealkylation sites (tertiary alicyclic amines) is 1. The zero-order valence-corrected chi connectivity index (χ0v) is 14.1. The van der Waals surface area contributed by atoms with Crippen LogP contribution in [0.25, 0.3) is 0 Å². The molecule has 1 saturated carbocycles. The van der Waals surface area contributed by atoms with Crippen molar-refractivity contribution in [3.8, 4) is 0 Å². The Hall–Kier alpha value is -2.47. The first-order chi connectivity index (χ1) is 12.9. The molecule has 1 N–H and O–H groups in total. The van der Waals surface area contributed by atoms with Crippen molar-refractivity contribution in [2.45, 2.75) is 37.7 Å². The molecule has 1 spiro atoms. The first-order valence-electron chi connectivity index (χ1n) is 8.22. The molecule has 1 aromatic heterocycles. The number of nitrogens with zero attached hydrogens (tertiary/aromatic N) is 2. The molecule has 2 heterocycles. The number of piperidine rings is 1. The van der Waals surface area contributed by atoms with Crippen LogP contribution >= 0.6 is 0 Å². The Morgan fingerprint density at radius 1 is 1.21 bits per heavy atom. The van der Waals surface area contributed by atoms with Crippen molar-refractivity contribution in [3.63, 3.8) is 0 Å². The topological polar surface area (TPSA) is 84.7 Å². The second-order valence-corrected chi connectivity index (χ2v) is 6.86. The Morgan fingerprint density at radius 2 is 1.82 bits per heavy atom. The normalized spacial score (nSPS) is 21.7. The monoisotopic (exact) mass is 415 g/mol. The second kappa shape index (κ2) is 6.85. The number of alkyl halides is 6. The van der Waals surface area contributed by atoms with Crippen LogP contribution in [0.15, 0.2) is 17.0 Å². The number of carbonyl (C=O) groups excluding carboxylic acids is 2. The highest BCUT2D eigenvalue weighted by Gasteiger charge is 2.61. The quantitative estimate of drug-likeness (QED) is 0.766. The lowest BCUT2D eigenvalue weighted by atomic mass is 9.91. The number of halogens is 6. The van der Waals surface area contributed by atoms with Gasteiger partial charge in [-0.05, 0) is 24.7 Å². The smallest absolute Gasteiger partial charge is 0.426 e. The molecule has 0 bridgehead atoms. The van der Waals surface area contributed by atoms with E-state index in [4.69, 9.17) is 0 Å². The molecule has 3 rings (SSSR count). The van der Waals surface area contributed by atoms with Gasteiger partial charge in [-0.15, -0.1) is 0 Å². The summed E-state index contributed by atoms with van der Waals surface area (Å²) >= 11 is 0. The van der Waals surface area contributed by atoms with Crippen molar-refractivity contribution in [3.05, 3.63) is 12.5 Å². The number of aromatic nitrogens is 1. The number of carbonyl (C=O) groups is 2. The third kappa shape index (κ3) is 4.17. The van der Waals surface area contributed by atoms with Crippen LogP contribution in [0.2, 0.25) is 0 Å². The number of hydrogen-bond acceptors (Lipinski definition) is 5. The molecule has 0 aromatic carbocycles. The maximum Gasteiger partial charge on any atom is 0.434 e. The van der Waals surface area contributed by atoms with Crippen LogP contribution < -0.4 is 5.32 Å². The SMILES string of the molecule is O=C(Nc1cnoc1)[C@@H]1CC12CCN(C(=O)OC(C(F)(F)F)C(F)(F)F)CC2. The van der Waals surface area contributed by atoms with E-state index in [2.05, 4.69) is 19.7 Å². The Labute approximate surface area is 154 Å². The minimum Gasteiger partial charge on any atom is -0.426 e. The Morgan fingerprint density at radius 3 is 2.32 bits per heavy atom. The number of ether oxygens (including phenoxy) is 1. The van der Waals surface area contributed by atoms with Crippen LogP contribution in [0, 0.1) is 11.3 Å². The molecule has 1 saturated heterocycles. The van der Waals surface area contributed by atoms with Gasteiger partial charge in [-0.1, -0.05) is 5.16 Å². The molecule has 1 aliphatic carbocycles. The van der Waals surface area contributed by atoms with Crippen molar-refractivity contribution in [2.24, 2.45) is 11.3 Å². The molecule has 156 valence electrons. The van der Waals surface area contributed by atoms with Crippen LogP contribution in [0.1, 0.15) is 19.3 Å². The minimum atomic E-state index is -5.76. The molecule has 28 heavy (non-hydrogen) atoms. The summed E-state index contributed by atoms with van der Waals surface area (Å²) in [6.45, 7) is -0.198. The number of amides is 2. The van der Waals surface area contributed by atoms with Gasteiger partial charge < -0.3 is 19.5 Å². The average Bonchev–Trinajstić information content (AvgIpc) is 3.02. The third-order valence-electron chi connectivity index (χ3n) is 5.04. The third-order valence-corrected chi connectivity index (χ3v) is 5.04. The van der Waals surface area contributed by atoms with Crippen LogP contribution in [-0.4, -0.2) is 53.6 Å². The highest BCUT2D eigenvalue weighted by Crippen LogP contribution is 2.59. The Kier molecular flexibility index (Phi) is 4.96. The summed E-state index contributed by atoms with van der Waals surface area (Å²) in [6.07, 6.45) is -13.8. The molecule has 1 aromatic rings. The standard InChI is InChI=1S/C15H15F6N3O4/c16-14(17,18)11(15(19,20)21)28-12(26)24-3-1-13(2-4-24)5-9(13)10(25)23-8-6-22-27-7-8/h6-7,9,11H,1-5H2,(H,23,25)/t9-/m0/s1. The average molecular weight is 415 g/mol. The number of nitrogens with one attached hydrogen (secondary N) is 1. The van der Waals surface area contributed by atoms with Crippen molar-refractivity contribution in [1.29, 1.82) is 0 Å². The molecular weight excluding hydrogens is 400 g/mol. The van der Waals surface area contributed by atoms with Crippen LogP contribution in [0.4, 0.5) is 36.8 Å². The van der Waals surface area contributed by atoms with E-state index in [-0.39, 0.29) is 37.8 Å². The summed E-state index contributed by atoms with van der Waals surface area (Å²) in [4.78, 5) is 24.8. The molecule has 7 nitrogen and oxygen atoms in total. The molecule has 0 radical (unpaired) electrons. The molecule has 13 heteroatoms. The summed E-state index contributed by atoms with van der Waals surface area (Å²) in [5, 5.41) is 6.04. The van der Waals surface area contributed by atoms with Gasteiger partial charge in [0, 0.05) is 19.0 Å². The van der Waals surface area contributed by atoms with Gasteiger partial charge in [0.1, 0.15) is 12.0 Å². The predicted octanol–water partition coefficient (Wildman–Crippen LogP) is 3.35. The van der Waals surface area contributed by atoms with Gasteiger partial charge >= 0.3 is 18.4 Å². The van der Waals surface area contributed by atoms with Crippen LogP contribution in [0.3, 0.4) is 0 Å². The van der Waals surface area contributed by atoms with E-state index < -0.39 is 30.0 Å². The highest BCUT2D eigenvalue weighted by atomic mass is 19.4. The second-order valence-electron chi connectivity index (χ2n) is 6.86. The van der Waals surface area contributed by atoms with Crippen LogP contribution in [0.5, 0.6) is 0 Å². The van der Waals surface area contributed by atoms with Crippen molar-refractivity contribution in [1.82, 2.24) is 10.1 Å². The van der Waals surface area contributed by atoms with E-state index in [1.807, 2.05) is 0 Å². The summed E-state index contributed by atoms with van der Waals surface area (Å²) in [6, 6.07) is 0. The molecule has 1 atom stereocenters. The van der Waals surface area contributed by atoms with E-state index in [9.17, 15) is 35.9 Å². The molecule has 0 unspecified atom stereocenters. The van der Waals surface area contributed by atoms with Crippen molar-refractivity contribution >= 4 is 17.7 Å². The highest BCUT2D eigenvalue weighted by molar-refractivity contribution is 5.94. The molecular formula is C15H15F6N3O4.